The van der Waals surface area contributed by atoms with Gasteiger partial charge in [-0.2, -0.15) is 4.37 Å². The van der Waals surface area contributed by atoms with Gasteiger partial charge in [0.1, 0.15) is 5.82 Å². The lowest BCUT2D eigenvalue weighted by Gasteiger charge is -2.12. The maximum atomic E-state index is 11.9. The van der Waals surface area contributed by atoms with E-state index in [4.69, 9.17) is 16.1 Å². The SMILES string of the molecule is Cc1noc(Cl)c1CC(=O)Nc1nc(C(C)(C)C)ns1. The lowest BCUT2D eigenvalue weighted by molar-refractivity contribution is -0.115. The van der Waals surface area contributed by atoms with Crippen molar-refractivity contribution >= 4 is 34.2 Å². The highest BCUT2D eigenvalue weighted by Crippen LogP contribution is 2.24. The molecule has 2 heterocycles. The van der Waals surface area contributed by atoms with Gasteiger partial charge in [0.05, 0.1) is 12.1 Å². The Morgan fingerprint density at radius 1 is 1.45 bits per heavy atom. The van der Waals surface area contributed by atoms with E-state index in [-0.39, 0.29) is 23.0 Å². The molecule has 2 aromatic rings. The van der Waals surface area contributed by atoms with E-state index >= 15 is 0 Å². The van der Waals surface area contributed by atoms with Gasteiger partial charge < -0.3 is 9.84 Å². The number of carbonyl (C=O) groups excluding carboxylic acids is 1. The first-order valence-electron chi connectivity index (χ1n) is 6.02. The zero-order chi connectivity index (χ0) is 14.9. The second kappa shape index (κ2) is 5.49. The lowest BCUT2D eigenvalue weighted by atomic mass is 9.96. The molecule has 0 aliphatic carbocycles. The fourth-order valence-electron chi connectivity index (χ4n) is 1.46. The Morgan fingerprint density at radius 3 is 2.65 bits per heavy atom. The Morgan fingerprint density at radius 2 is 2.15 bits per heavy atom. The molecule has 0 aliphatic heterocycles. The van der Waals surface area contributed by atoms with Crippen LogP contribution in [0.5, 0.6) is 0 Å². The molecule has 0 atom stereocenters. The van der Waals surface area contributed by atoms with Crippen LogP contribution in [0.25, 0.3) is 0 Å². The number of aromatic nitrogens is 3. The molecular formula is C12H15ClN4O2S. The van der Waals surface area contributed by atoms with Crippen LogP contribution in [0.15, 0.2) is 4.52 Å². The minimum Gasteiger partial charge on any atom is -0.344 e. The highest BCUT2D eigenvalue weighted by atomic mass is 35.5. The molecule has 2 aromatic heterocycles. The maximum absolute atomic E-state index is 11.9. The predicted molar refractivity (Wildman–Crippen MR) is 77.2 cm³/mol. The van der Waals surface area contributed by atoms with Crippen molar-refractivity contribution in [3.05, 3.63) is 22.3 Å². The number of halogens is 1. The Balaban J connectivity index is 2.04. The second-order valence-electron chi connectivity index (χ2n) is 5.42. The van der Waals surface area contributed by atoms with Gasteiger partial charge in [-0.05, 0) is 18.5 Å². The summed E-state index contributed by atoms with van der Waals surface area (Å²) >= 11 is 6.98. The minimum absolute atomic E-state index is 0.0958. The third-order valence-corrected chi connectivity index (χ3v) is 3.54. The Labute approximate surface area is 125 Å². The first kappa shape index (κ1) is 14.9. The number of rotatable bonds is 3. The van der Waals surface area contributed by atoms with Gasteiger partial charge in [-0.15, -0.1) is 0 Å². The van der Waals surface area contributed by atoms with Crippen LogP contribution >= 0.6 is 23.1 Å². The zero-order valence-corrected chi connectivity index (χ0v) is 13.2. The summed E-state index contributed by atoms with van der Waals surface area (Å²) in [6.45, 7) is 7.78. The molecular weight excluding hydrogens is 300 g/mol. The van der Waals surface area contributed by atoms with Gasteiger partial charge in [0.25, 0.3) is 0 Å². The van der Waals surface area contributed by atoms with Crippen molar-refractivity contribution in [2.45, 2.75) is 39.5 Å². The summed E-state index contributed by atoms with van der Waals surface area (Å²) < 4.78 is 9.04. The summed E-state index contributed by atoms with van der Waals surface area (Å²) in [6, 6.07) is 0. The molecule has 0 fully saturated rings. The fourth-order valence-corrected chi connectivity index (χ4v) is 2.47. The molecule has 108 valence electrons. The molecule has 1 amide bonds. The van der Waals surface area contributed by atoms with Crippen molar-refractivity contribution in [1.29, 1.82) is 0 Å². The number of aryl methyl sites for hydroxylation is 1. The molecule has 8 heteroatoms. The van der Waals surface area contributed by atoms with E-state index < -0.39 is 0 Å². The molecule has 0 radical (unpaired) electrons. The van der Waals surface area contributed by atoms with Crippen LogP contribution in [-0.4, -0.2) is 20.4 Å². The van der Waals surface area contributed by atoms with Gasteiger partial charge in [-0.1, -0.05) is 25.9 Å². The topological polar surface area (TPSA) is 80.9 Å². The van der Waals surface area contributed by atoms with E-state index in [9.17, 15) is 4.79 Å². The Hall–Kier alpha value is -1.47. The number of hydrogen-bond acceptors (Lipinski definition) is 6. The Bertz CT molecular complexity index is 610. The summed E-state index contributed by atoms with van der Waals surface area (Å²) in [6.07, 6.45) is 0.0958. The average molecular weight is 315 g/mol. The number of hydrogen-bond donors (Lipinski definition) is 1. The van der Waals surface area contributed by atoms with Crippen LogP contribution < -0.4 is 5.32 Å². The molecule has 0 unspecified atom stereocenters. The van der Waals surface area contributed by atoms with Crippen molar-refractivity contribution in [3.8, 4) is 0 Å². The van der Waals surface area contributed by atoms with Crippen molar-refractivity contribution in [2.24, 2.45) is 0 Å². The number of nitrogens with zero attached hydrogens (tertiary/aromatic N) is 3. The molecule has 0 saturated carbocycles. The number of nitrogens with one attached hydrogen (secondary N) is 1. The monoisotopic (exact) mass is 314 g/mol. The summed E-state index contributed by atoms with van der Waals surface area (Å²) in [5.41, 5.74) is 1.05. The molecule has 0 aromatic carbocycles. The number of carbonyl (C=O) groups is 1. The third kappa shape index (κ3) is 3.34. The zero-order valence-electron chi connectivity index (χ0n) is 11.7. The molecule has 0 aliphatic rings. The smallest absolute Gasteiger partial charge is 0.230 e. The van der Waals surface area contributed by atoms with Crippen molar-refractivity contribution in [1.82, 2.24) is 14.5 Å². The van der Waals surface area contributed by atoms with Crippen LogP contribution in [0.1, 0.15) is 37.9 Å². The fraction of sp³-hybridized carbons (Fsp3) is 0.500. The van der Waals surface area contributed by atoms with Crippen LogP contribution in [-0.2, 0) is 16.6 Å². The van der Waals surface area contributed by atoms with E-state index in [1.807, 2.05) is 20.8 Å². The quantitative estimate of drug-likeness (QED) is 0.942. The lowest BCUT2D eigenvalue weighted by Crippen LogP contribution is -2.16. The van der Waals surface area contributed by atoms with Crippen molar-refractivity contribution in [2.75, 3.05) is 5.32 Å². The normalized spacial score (nSPS) is 11.7. The van der Waals surface area contributed by atoms with Gasteiger partial charge in [0.15, 0.2) is 0 Å². The molecule has 2 rings (SSSR count). The van der Waals surface area contributed by atoms with Crippen molar-refractivity contribution < 1.29 is 9.32 Å². The largest absolute Gasteiger partial charge is 0.344 e. The molecule has 1 N–H and O–H groups in total. The summed E-state index contributed by atoms with van der Waals surface area (Å²) in [5.74, 6) is 0.479. The molecule has 20 heavy (non-hydrogen) atoms. The molecule has 0 saturated heterocycles. The minimum atomic E-state index is -0.227. The standard InChI is InChI=1S/C12H15ClN4O2S/c1-6-7(9(13)19-16-6)5-8(18)14-11-15-10(17-20-11)12(2,3)4/h5H2,1-4H3,(H,14,15,17,18). The molecule has 0 bridgehead atoms. The first-order valence-corrected chi connectivity index (χ1v) is 7.17. The first-order chi connectivity index (χ1) is 9.27. The summed E-state index contributed by atoms with van der Waals surface area (Å²) in [5, 5.41) is 7.03. The van der Waals surface area contributed by atoms with Crippen LogP contribution in [0.4, 0.5) is 5.13 Å². The van der Waals surface area contributed by atoms with Gasteiger partial charge in [-0.3, -0.25) is 4.79 Å². The highest BCUT2D eigenvalue weighted by Gasteiger charge is 2.21. The van der Waals surface area contributed by atoms with Crippen LogP contribution in [0.2, 0.25) is 5.22 Å². The predicted octanol–water partition coefficient (Wildman–Crippen LogP) is 2.97. The average Bonchev–Trinajstić information content (AvgIpc) is 2.90. The van der Waals surface area contributed by atoms with E-state index in [2.05, 4.69) is 19.8 Å². The second-order valence-corrected chi connectivity index (χ2v) is 6.51. The summed E-state index contributed by atoms with van der Waals surface area (Å²) in [7, 11) is 0. The van der Waals surface area contributed by atoms with E-state index in [1.54, 1.807) is 6.92 Å². The van der Waals surface area contributed by atoms with Gasteiger partial charge >= 0.3 is 0 Å². The van der Waals surface area contributed by atoms with E-state index in [0.29, 0.717) is 22.2 Å². The van der Waals surface area contributed by atoms with E-state index in [0.717, 1.165) is 11.5 Å². The Kier molecular flexibility index (Phi) is 4.10. The maximum Gasteiger partial charge on any atom is 0.230 e. The highest BCUT2D eigenvalue weighted by molar-refractivity contribution is 7.09. The van der Waals surface area contributed by atoms with E-state index in [1.165, 1.54) is 0 Å². The van der Waals surface area contributed by atoms with Crippen LogP contribution in [0.3, 0.4) is 0 Å². The molecule has 0 spiro atoms. The van der Waals surface area contributed by atoms with Gasteiger partial charge in [-0.25, -0.2) is 4.98 Å². The van der Waals surface area contributed by atoms with Crippen LogP contribution in [0, 0.1) is 6.92 Å². The van der Waals surface area contributed by atoms with Gasteiger partial charge in [0.2, 0.25) is 16.3 Å². The number of amides is 1. The summed E-state index contributed by atoms with van der Waals surface area (Å²) in [4.78, 5) is 16.2. The number of anilines is 1. The molecule has 6 nitrogen and oxygen atoms in total. The van der Waals surface area contributed by atoms with Crippen molar-refractivity contribution in [3.63, 3.8) is 0 Å². The third-order valence-electron chi connectivity index (χ3n) is 2.62. The van der Waals surface area contributed by atoms with Gasteiger partial charge in [0, 0.05) is 22.5 Å².